The van der Waals surface area contributed by atoms with Crippen LogP contribution in [-0.4, -0.2) is 41.8 Å². The molecule has 96 valence electrons. The topological polar surface area (TPSA) is 55.8 Å². The first-order chi connectivity index (χ1) is 7.95. The van der Waals surface area contributed by atoms with Crippen LogP contribution in [0.1, 0.15) is 39.5 Å². The van der Waals surface area contributed by atoms with E-state index in [-0.39, 0.29) is 18.0 Å². The van der Waals surface area contributed by atoms with Gasteiger partial charge in [-0.05, 0) is 26.3 Å². The lowest BCUT2D eigenvalue weighted by molar-refractivity contribution is -0.223. The maximum absolute atomic E-state index is 11.3. The number of piperidine rings is 1. The van der Waals surface area contributed by atoms with Crippen molar-refractivity contribution in [2.75, 3.05) is 7.05 Å². The van der Waals surface area contributed by atoms with Gasteiger partial charge in [0.05, 0.1) is 0 Å². The minimum Gasteiger partial charge on any atom is -0.457 e. The number of ether oxygens (including phenoxy) is 2. The van der Waals surface area contributed by atoms with Crippen LogP contribution in [0, 0.1) is 0 Å². The molecule has 0 aromatic carbocycles. The first kappa shape index (κ1) is 12.4. The monoisotopic (exact) mass is 241 g/mol. The van der Waals surface area contributed by atoms with Gasteiger partial charge in [-0.2, -0.15) is 0 Å². The Morgan fingerprint density at radius 1 is 1.18 bits per heavy atom. The zero-order chi connectivity index (χ0) is 12.6. The lowest BCUT2D eigenvalue weighted by Gasteiger charge is -2.45. The summed E-state index contributed by atoms with van der Waals surface area (Å²) in [6.07, 6.45) is 3.14. The van der Waals surface area contributed by atoms with Gasteiger partial charge in [-0.15, -0.1) is 0 Å². The van der Waals surface area contributed by atoms with Crippen molar-refractivity contribution in [1.29, 1.82) is 0 Å². The van der Waals surface area contributed by atoms with Crippen LogP contribution in [0.25, 0.3) is 0 Å². The number of likely N-dealkylation sites (N-methyl/N-ethyl adjacent to an activating group) is 1. The van der Waals surface area contributed by atoms with Gasteiger partial charge in [-0.25, -0.2) is 0 Å². The van der Waals surface area contributed by atoms with Gasteiger partial charge in [-0.1, -0.05) is 0 Å². The van der Waals surface area contributed by atoms with Crippen LogP contribution in [0.15, 0.2) is 0 Å². The molecule has 2 heterocycles. The molecule has 2 aliphatic heterocycles. The fourth-order valence-corrected chi connectivity index (χ4v) is 3.14. The van der Waals surface area contributed by atoms with Gasteiger partial charge < -0.3 is 9.47 Å². The molecule has 0 amide bonds. The molecule has 0 saturated carbocycles. The maximum Gasteiger partial charge on any atom is 0.304 e. The molecule has 5 nitrogen and oxygen atoms in total. The van der Waals surface area contributed by atoms with Crippen LogP contribution in [0.3, 0.4) is 0 Å². The molecule has 2 saturated heterocycles. The summed E-state index contributed by atoms with van der Waals surface area (Å²) >= 11 is 0. The molecular formula is C12H19NO4. The van der Waals surface area contributed by atoms with Crippen LogP contribution >= 0.6 is 0 Å². The Labute approximate surface area is 101 Å². The third-order valence-electron chi connectivity index (χ3n) is 3.87. The van der Waals surface area contributed by atoms with E-state index in [9.17, 15) is 9.59 Å². The van der Waals surface area contributed by atoms with E-state index in [4.69, 9.17) is 9.47 Å². The smallest absolute Gasteiger partial charge is 0.304 e. The molecular weight excluding hydrogens is 222 g/mol. The second kappa shape index (κ2) is 4.29. The van der Waals surface area contributed by atoms with Gasteiger partial charge in [0, 0.05) is 26.3 Å². The van der Waals surface area contributed by atoms with E-state index >= 15 is 0 Å². The van der Waals surface area contributed by atoms with Crippen LogP contribution in [0.2, 0.25) is 0 Å². The van der Waals surface area contributed by atoms with Crippen molar-refractivity contribution in [3.8, 4) is 0 Å². The highest BCUT2D eigenvalue weighted by Crippen LogP contribution is 2.45. The second-order valence-corrected chi connectivity index (χ2v) is 4.92. The standard InChI is InChI=1S/C12H19NO4/c1-8(14)16-11-5-4-10-6-7-12(11,13(10)3)17-9(2)15/h10-11H,4-7H2,1-3H3/t10-,11-,12-/m0/s1. The molecule has 0 aromatic heterocycles. The van der Waals surface area contributed by atoms with Crippen molar-refractivity contribution in [1.82, 2.24) is 4.90 Å². The summed E-state index contributed by atoms with van der Waals surface area (Å²) in [5, 5.41) is 0. The summed E-state index contributed by atoms with van der Waals surface area (Å²) in [4.78, 5) is 24.5. The van der Waals surface area contributed by atoms with Crippen molar-refractivity contribution in [2.24, 2.45) is 0 Å². The molecule has 2 bridgehead atoms. The first-order valence-electron chi connectivity index (χ1n) is 6.05. The minimum atomic E-state index is -0.736. The Morgan fingerprint density at radius 2 is 1.88 bits per heavy atom. The number of rotatable bonds is 2. The Morgan fingerprint density at radius 3 is 2.47 bits per heavy atom. The SMILES string of the molecule is CC(=O)O[C@H]1CC[C@H]2CC[C@@]1(OC(C)=O)N2C. The van der Waals surface area contributed by atoms with Crippen molar-refractivity contribution < 1.29 is 19.1 Å². The molecule has 3 atom stereocenters. The molecule has 5 heteroatoms. The lowest BCUT2D eigenvalue weighted by Crippen LogP contribution is -2.60. The number of carbonyl (C=O) groups excluding carboxylic acids is 2. The quantitative estimate of drug-likeness (QED) is 0.677. The lowest BCUT2D eigenvalue weighted by atomic mass is 9.96. The van der Waals surface area contributed by atoms with Crippen LogP contribution in [-0.2, 0) is 19.1 Å². The molecule has 2 rings (SSSR count). The second-order valence-electron chi connectivity index (χ2n) is 4.92. The summed E-state index contributed by atoms with van der Waals surface area (Å²) in [7, 11) is 1.94. The largest absolute Gasteiger partial charge is 0.457 e. The third-order valence-corrected chi connectivity index (χ3v) is 3.87. The number of hydrogen-bond acceptors (Lipinski definition) is 5. The van der Waals surface area contributed by atoms with Crippen molar-refractivity contribution in [2.45, 2.75) is 57.4 Å². The Bertz CT molecular complexity index is 341. The molecule has 0 radical (unpaired) electrons. The summed E-state index contributed by atoms with van der Waals surface area (Å²) in [6, 6.07) is 0.432. The highest BCUT2D eigenvalue weighted by Gasteiger charge is 2.57. The van der Waals surface area contributed by atoms with E-state index in [2.05, 4.69) is 4.90 Å². The zero-order valence-electron chi connectivity index (χ0n) is 10.6. The fourth-order valence-electron chi connectivity index (χ4n) is 3.14. The van der Waals surface area contributed by atoms with Crippen LogP contribution in [0.4, 0.5) is 0 Å². The number of esters is 2. The third kappa shape index (κ3) is 2.04. The van der Waals surface area contributed by atoms with E-state index < -0.39 is 5.72 Å². The summed E-state index contributed by atoms with van der Waals surface area (Å²) < 4.78 is 10.8. The maximum atomic E-state index is 11.3. The van der Waals surface area contributed by atoms with Crippen molar-refractivity contribution >= 4 is 11.9 Å². The van der Waals surface area contributed by atoms with Crippen molar-refractivity contribution in [3.05, 3.63) is 0 Å². The molecule has 2 aliphatic rings. The number of carbonyl (C=O) groups is 2. The summed E-state index contributed by atoms with van der Waals surface area (Å²) in [5.74, 6) is -0.642. The normalized spacial score (nSPS) is 36.6. The molecule has 0 spiro atoms. The molecule has 2 fully saturated rings. The fraction of sp³-hybridized carbons (Fsp3) is 0.833. The van der Waals surface area contributed by atoms with E-state index in [0.29, 0.717) is 6.04 Å². The molecule has 0 aliphatic carbocycles. The van der Waals surface area contributed by atoms with Gasteiger partial charge in [-0.3, -0.25) is 14.5 Å². The highest BCUT2D eigenvalue weighted by molar-refractivity contribution is 5.68. The molecule has 0 N–H and O–H groups in total. The average molecular weight is 241 g/mol. The number of nitrogens with zero attached hydrogens (tertiary/aromatic N) is 1. The van der Waals surface area contributed by atoms with E-state index in [1.165, 1.54) is 13.8 Å². The van der Waals surface area contributed by atoms with Gasteiger partial charge in [0.25, 0.3) is 0 Å². The Hall–Kier alpha value is -1.10. The molecule has 0 aromatic rings. The van der Waals surface area contributed by atoms with E-state index in [0.717, 1.165) is 25.7 Å². The summed E-state index contributed by atoms with van der Waals surface area (Å²) in [5.41, 5.74) is -0.736. The predicted molar refractivity (Wildman–Crippen MR) is 60.1 cm³/mol. The minimum absolute atomic E-state index is 0.319. The van der Waals surface area contributed by atoms with E-state index in [1.807, 2.05) is 7.05 Å². The van der Waals surface area contributed by atoms with Crippen LogP contribution in [0.5, 0.6) is 0 Å². The van der Waals surface area contributed by atoms with Gasteiger partial charge in [0.1, 0.15) is 0 Å². The average Bonchev–Trinajstić information content (AvgIpc) is 2.42. The Balaban J connectivity index is 2.24. The number of hydrogen-bond donors (Lipinski definition) is 0. The number of fused-ring (bicyclic) bond motifs is 2. The molecule has 17 heavy (non-hydrogen) atoms. The van der Waals surface area contributed by atoms with Crippen LogP contribution < -0.4 is 0 Å². The van der Waals surface area contributed by atoms with Crippen molar-refractivity contribution in [3.63, 3.8) is 0 Å². The van der Waals surface area contributed by atoms with Gasteiger partial charge in [0.2, 0.25) is 5.72 Å². The zero-order valence-corrected chi connectivity index (χ0v) is 10.6. The predicted octanol–water partition coefficient (Wildman–Crippen LogP) is 1.07. The van der Waals surface area contributed by atoms with Gasteiger partial charge in [0.15, 0.2) is 6.10 Å². The molecule has 0 unspecified atom stereocenters. The first-order valence-corrected chi connectivity index (χ1v) is 6.05. The van der Waals surface area contributed by atoms with Gasteiger partial charge >= 0.3 is 11.9 Å². The highest BCUT2D eigenvalue weighted by atomic mass is 16.6. The Kier molecular flexibility index (Phi) is 3.12. The van der Waals surface area contributed by atoms with E-state index in [1.54, 1.807) is 0 Å². The summed E-state index contributed by atoms with van der Waals surface area (Å²) in [6.45, 7) is 2.79.